The largest absolute Gasteiger partial charge is 0.402 e. The number of benzene rings is 2. The Kier molecular flexibility index (Phi) is 12.1. The summed E-state index contributed by atoms with van der Waals surface area (Å²) in [7, 11) is 2.13. The number of allylic oxidation sites excluding steroid dienone is 7. The molecule has 40 heavy (non-hydrogen) atoms. The summed E-state index contributed by atoms with van der Waals surface area (Å²) in [6.07, 6.45) is 14.5. The van der Waals surface area contributed by atoms with E-state index in [1.165, 1.54) is 44.6 Å². The van der Waals surface area contributed by atoms with E-state index in [0.29, 0.717) is 0 Å². The minimum absolute atomic E-state index is 0.0119. The van der Waals surface area contributed by atoms with E-state index in [9.17, 15) is 0 Å². The Bertz CT molecular complexity index is 1420. The molecule has 0 saturated heterocycles. The summed E-state index contributed by atoms with van der Waals surface area (Å²) in [6.45, 7) is 20.5. The average molecular weight is 533 g/mol. The van der Waals surface area contributed by atoms with Gasteiger partial charge < -0.3 is 10.3 Å². The molecule has 3 aromatic rings. The molecule has 210 valence electrons. The molecule has 0 unspecified atom stereocenters. The molecule has 0 bridgehead atoms. The molecule has 1 heterocycles. The standard InChI is InChI=1S/C26H27N.C7H13N.C5H8/c1-7-10-17(2)20-15-21-19-11-8-9-12-23(19)26(4,5)24(21)16-22(20)25-18(3)13-14-27(25)6;1-3-5-6-7(8)4-2;1-3-5-4-2/h8-9,11-17H,1-6H3;3,5-6H,4,8H2,1-2H3;3-5H,1H2,2H3/b;5-3-,7-6+;5-4-/t17-;;/m0../s1. The van der Waals surface area contributed by atoms with E-state index >= 15 is 0 Å². The van der Waals surface area contributed by atoms with Gasteiger partial charge in [-0.15, -0.1) is 5.92 Å². The Labute approximate surface area is 244 Å². The molecule has 4 rings (SSSR count). The van der Waals surface area contributed by atoms with Crippen molar-refractivity contribution < 1.29 is 0 Å². The molecule has 0 spiro atoms. The maximum absolute atomic E-state index is 5.47. The van der Waals surface area contributed by atoms with Gasteiger partial charge in [0.15, 0.2) is 0 Å². The van der Waals surface area contributed by atoms with Gasteiger partial charge in [-0.3, -0.25) is 0 Å². The van der Waals surface area contributed by atoms with Crippen LogP contribution in [-0.2, 0) is 12.5 Å². The Hall–Kier alpha value is -3.96. The number of aromatic nitrogens is 1. The van der Waals surface area contributed by atoms with Crippen LogP contribution < -0.4 is 5.73 Å². The lowest BCUT2D eigenvalue weighted by molar-refractivity contribution is 0.660. The first-order chi connectivity index (χ1) is 19.1. The third kappa shape index (κ3) is 7.36. The second-order valence-electron chi connectivity index (χ2n) is 10.6. The highest BCUT2D eigenvalue weighted by molar-refractivity contribution is 5.85. The lowest BCUT2D eigenvalue weighted by Gasteiger charge is -2.24. The van der Waals surface area contributed by atoms with Crippen LogP contribution in [0.3, 0.4) is 0 Å². The van der Waals surface area contributed by atoms with Gasteiger partial charge in [0.2, 0.25) is 0 Å². The van der Waals surface area contributed by atoms with Gasteiger partial charge >= 0.3 is 0 Å². The van der Waals surface area contributed by atoms with Crippen molar-refractivity contribution in [3.8, 4) is 34.2 Å². The summed E-state index contributed by atoms with van der Waals surface area (Å²) in [5, 5.41) is 0. The number of hydrogen-bond donors (Lipinski definition) is 1. The highest BCUT2D eigenvalue weighted by Gasteiger charge is 2.36. The smallest absolute Gasteiger partial charge is 0.0510 e. The first-order valence-electron chi connectivity index (χ1n) is 14.2. The molecule has 1 atom stereocenters. The van der Waals surface area contributed by atoms with Crippen molar-refractivity contribution >= 4 is 0 Å². The minimum Gasteiger partial charge on any atom is -0.402 e. The lowest BCUT2D eigenvalue weighted by atomic mass is 9.80. The molecule has 1 aliphatic rings. The van der Waals surface area contributed by atoms with Gasteiger partial charge in [0.1, 0.15) is 0 Å². The van der Waals surface area contributed by atoms with E-state index in [2.05, 4.69) is 106 Å². The van der Waals surface area contributed by atoms with Crippen LogP contribution >= 0.6 is 0 Å². The van der Waals surface area contributed by atoms with Crippen LogP contribution in [0, 0.1) is 18.8 Å². The molecule has 0 radical (unpaired) electrons. The zero-order valence-electron chi connectivity index (χ0n) is 26.1. The fourth-order valence-corrected chi connectivity index (χ4v) is 5.15. The molecule has 2 heteroatoms. The zero-order chi connectivity index (χ0) is 29.9. The molecular formula is C38H48N2. The third-order valence-corrected chi connectivity index (χ3v) is 7.35. The van der Waals surface area contributed by atoms with Gasteiger partial charge in [0.25, 0.3) is 0 Å². The van der Waals surface area contributed by atoms with Crippen LogP contribution in [0.2, 0.25) is 0 Å². The van der Waals surface area contributed by atoms with Crippen LogP contribution in [0.1, 0.15) is 83.1 Å². The SMILES string of the molecule is C/C=C\C=C(\N)CC.C=C/C=C\C.CC#C[C@H](C)c1cc2c(cc1-c1c(C)ccn1C)C(C)(C)c1ccccc1-2. The van der Waals surface area contributed by atoms with E-state index in [0.717, 1.165) is 12.1 Å². The van der Waals surface area contributed by atoms with Crippen molar-refractivity contribution in [2.45, 2.75) is 73.1 Å². The van der Waals surface area contributed by atoms with E-state index in [1.807, 2.05) is 58.1 Å². The van der Waals surface area contributed by atoms with Crippen LogP contribution in [0.15, 0.2) is 97.4 Å². The topological polar surface area (TPSA) is 30.9 Å². The lowest BCUT2D eigenvalue weighted by Crippen LogP contribution is -2.15. The van der Waals surface area contributed by atoms with Crippen molar-refractivity contribution in [2.75, 3.05) is 0 Å². The summed E-state index contributed by atoms with van der Waals surface area (Å²) in [5.41, 5.74) is 17.2. The Morgan fingerprint density at radius 3 is 2.23 bits per heavy atom. The maximum Gasteiger partial charge on any atom is 0.0510 e. The van der Waals surface area contributed by atoms with Crippen molar-refractivity contribution in [2.24, 2.45) is 12.8 Å². The van der Waals surface area contributed by atoms with E-state index in [1.54, 1.807) is 6.08 Å². The van der Waals surface area contributed by atoms with Crippen LogP contribution in [0.5, 0.6) is 0 Å². The quantitative estimate of drug-likeness (QED) is 0.257. The van der Waals surface area contributed by atoms with Gasteiger partial charge in [-0.2, -0.15) is 0 Å². The number of aryl methyl sites for hydroxylation is 2. The first kappa shape index (κ1) is 32.3. The molecule has 0 fully saturated rings. The molecular weight excluding hydrogens is 484 g/mol. The molecule has 1 aliphatic carbocycles. The molecule has 2 nitrogen and oxygen atoms in total. The molecule has 0 aliphatic heterocycles. The second kappa shape index (κ2) is 15.0. The van der Waals surface area contributed by atoms with Crippen LogP contribution in [-0.4, -0.2) is 4.57 Å². The molecule has 2 N–H and O–H groups in total. The molecule has 0 saturated carbocycles. The van der Waals surface area contributed by atoms with Gasteiger partial charge in [0.05, 0.1) is 5.69 Å². The normalized spacial score (nSPS) is 13.8. The second-order valence-corrected chi connectivity index (χ2v) is 10.6. The predicted molar refractivity (Wildman–Crippen MR) is 177 cm³/mol. The Morgan fingerprint density at radius 2 is 1.70 bits per heavy atom. The van der Waals surface area contributed by atoms with E-state index < -0.39 is 0 Å². The number of rotatable bonds is 5. The van der Waals surface area contributed by atoms with Crippen molar-refractivity contribution in [1.82, 2.24) is 4.57 Å². The highest BCUT2D eigenvalue weighted by atomic mass is 14.9. The monoisotopic (exact) mass is 532 g/mol. The van der Waals surface area contributed by atoms with Crippen molar-refractivity contribution in [3.63, 3.8) is 0 Å². The molecule has 1 aromatic heterocycles. The maximum atomic E-state index is 5.47. The minimum atomic E-state index is 0.0119. The summed E-state index contributed by atoms with van der Waals surface area (Å²) in [6, 6.07) is 15.9. The average Bonchev–Trinajstić information content (AvgIpc) is 3.39. The summed E-state index contributed by atoms with van der Waals surface area (Å²) in [4.78, 5) is 0. The highest BCUT2D eigenvalue weighted by Crippen LogP contribution is 2.51. The molecule has 0 amide bonds. The van der Waals surface area contributed by atoms with Gasteiger partial charge in [-0.25, -0.2) is 0 Å². The molecule has 2 aromatic carbocycles. The first-order valence-corrected chi connectivity index (χ1v) is 14.2. The Balaban J connectivity index is 0.000000361. The van der Waals surface area contributed by atoms with E-state index in [4.69, 9.17) is 5.73 Å². The van der Waals surface area contributed by atoms with Gasteiger partial charge in [-0.1, -0.05) is 87.9 Å². The van der Waals surface area contributed by atoms with Gasteiger partial charge in [0, 0.05) is 35.8 Å². The van der Waals surface area contributed by atoms with Crippen molar-refractivity contribution in [1.29, 1.82) is 0 Å². The zero-order valence-corrected chi connectivity index (χ0v) is 26.1. The fourth-order valence-electron chi connectivity index (χ4n) is 5.15. The number of fused-ring (bicyclic) bond motifs is 3. The summed E-state index contributed by atoms with van der Waals surface area (Å²) >= 11 is 0. The van der Waals surface area contributed by atoms with Crippen LogP contribution in [0.25, 0.3) is 22.4 Å². The van der Waals surface area contributed by atoms with E-state index in [-0.39, 0.29) is 11.3 Å². The van der Waals surface area contributed by atoms with Crippen LogP contribution in [0.4, 0.5) is 0 Å². The number of nitrogens with zero attached hydrogens (tertiary/aromatic N) is 1. The fraction of sp³-hybridized carbons (Fsp3) is 0.316. The summed E-state index contributed by atoms with van der Waals surface area (Å²) < 4.78 is 2.24. The van der Waals surface area contributed by atoms with Gasteiger partial charge in [-0.05, 0) is 98.7 Å². The number of hydrogen-bond acceptors (Lipinski definition) is 1. The summed E-state index contributed by atoms with van der Waals surface area (Å²) in [5.74, 6) is 6.69. The predicted octanol–water partition coefficient (Wildman–Crippen LogP) is 10.00. The number of nitrogens with two attached hydrogens (primary N) is 1. The third-order valence-electron chi connectivity index (χ3n) is 7.35. The Morgan fingerprint density at radius 1 is 1.02 bits per heavy atom. The van der Waals surface area contributed by atoms with Crippen molar-refractivity contribution in [3.05, 3.63) is 120 Å².